The summed E-state index contributed by atoms with van der Waals surface area (Å²) in [5, 5.41) is 13.8. The van der Waals surface area contributed by atoms with Gasteiger partial charge in [-0.05, 0) is 24.1 Å². The molecule has 0 fully saturated rings. The third kappa shape index (κ3) is 3.68. The minimum absolute atomic E-state index is 0.0738. The van der Waals surface area contributed by atoms with Gasteiger partial charge in [0.1, 0.15) is 5.69 Å². The first-order chi connectivity index (χ1) is 12.6. The highest BCUT2D eigenvalue weighted by Crippen LogP contribution is 2.25. The van der Waals surface area contributed by atoms with Gasteiger partial charge in [-0.25, -0.2) is 4.68 Å². The number of hydrogen-bond donors (Lipinski definition) is 1. The molecule has 1 amide bonds. The van der Waals surface area contributed by atoms with Gasteiger partial charge in [0.2, 0.25) is 0 Å². The molecule has 0 saturated carbocycles. The number of benzene rings is 2. The van der Waals surface area contributed by atoms with E-state index in [1.165, 1.54) is 10.5 Å². The number of carbonyl (C=O) groups excluding carboxylic acids is 1. The van der Waals surface area contributed by atoms with Gasteiger partial charge in [0, 0.05) is 25.4 Å². The highest BCUT2D eigenvalue weighted by Gasteiger charge is 2.21. The second kappa shape index (κ2) is 7.97. The zero-order valence-electron chi connectivity index (χ0n) is 15.1. The van der Waals surface area contributed by atoms with Gasteiger partial charge in [-0.15, -0.1) is 0 Å². The molecule has 0 aliphatic heterocycles. The van der Waals surface area contributed by atoms with Crippen molar-refractivity contribution in [3.8, 4) is 16.9 Å². The van der Waals surface area contributed by atoms with E-state index >= 15 is 0 Å². The van der Waals surface area contributed by atoms with E-state index in [9.17, 15) is 4.79 Å². The van der Waals surface area contributed by atoms with Crippen molar-refractivity contribution >= 4 is 5.91 Å². The fraction of sp³-hybridized carbons (Fsp3) is 0.238. The SMILES string of the molecule is CCc1ccc(-c2nn(-c3ccccc3)cc2C(=O)N(C)CCO)cc1. The number of aromatic nitrogens is 2. The smallest absolute Gasteiger partial charge is 0.257 e. The van der Waals surface area contributed by atoms with Crippen molar-refractivity contribution in [1.29, 1.82) is 0 Å². The normalized spacial score (nSPS) is 10.7. The first-order valence-electron chi connectivity index (χ1n) is 8.74. The molecule has 1 aromatic heterocycles. The number of likely N-dealkylation sites (N-methyl/N-ethyl adjacent to an activating group) is 1. The molecule has 0 unspecified atom stereocenters. The summed E-state index contributed by atoms with van der Waals surface area (Å²) in [6.07, 6.45) is 2.72. The summed E-state index contributed by atoms with van der Waals surface area (Å²) in [5.74, 6) is -0.157. The lowest BCUT2D eigenvalue weighted by molar-refractivity contribution is 0.0767. The first kappa shape index (κ1) is 17.9. The zero-order chi connectivity index (χ0) is 18.5. The average Bonchev–Trinajstić information content (AvgIpc) is 3.13. The Bertz CT molecular complexity index is 870. The van der Waals surface area contributed by atoms with Crippen LogP contribution in [0.15, 0.2) is 60.8 Å². The molecule has 1 heterocycles. The molecule has 0 aliphatic carbocycles. The van der Waals surface area contributed by atoms with Gasteiger partial charge in [-0.1, -0.05) is 49.4 Å². The molecule has 26 heavy (non-hydrogen) atoms. The van der Waals surface area contributed by atoms with Crippen LogP contribution in [0.1, 0.15) is 22.8 Å². The van der Waals surface area contributed by atoms with Gasteiger partial charge in [-0.2, -0.15) is 5.10 Å². The van der Waals surface area contributed by atoms with Crippen molar-refractivity contribution in [2.45, 2.75) is 13.3 Å². The number of aryl methyl sites for hydroxylation is 1. The Labute approximate surface area is 153 Å². The maximum atomic E-state index is 12.9. The molecule has 0 radical (unpaired) electrons. The van der Waals surface area contributed by atoms with Crippen LogP contribution in [0, 0.1) is 0 Å². The minimum Gasteiger partial charge on any atom is -0.395 e. The molecule has 3 aromatic rings. The topological polar surface area (TPSA) is 58.4 Å². The summed E-state index contributed by atoms with van der Waals surface area (Å²) in [6.45, 7) is 2.32. The molecule has 0 atom stereocenters. The van der Waals surface area contributed by atoms with Gasteiger partial charge in [-0.3, -0.25) is 4.79 Å². The Kier molecular flexibility index (Phi) is 5.49. The molecule has 0 saturated heterocycles. The monoisotopic (exact) mass is 349 g/mol. The van der Waals surface area contributed by atoms with Crippen LogP contribution in [0.3, 0.4) is 0 Å². The summed E-state index contributed by atoms with van der Waals surface area (Å²) in [6, 6.07) is 17.8. The highest BCUT2D eigenvalue weighted by atomic mass is 16.3. The van der Waals surface area contributed by atoms with Crippen LogP contribution in [0.4, 0.5) is 0 Å². The van der Waals surface area contributed by atoms with Crippen LogP contribution >= 0.6 is 0 Å². The molecule has 134 valence electrons. The van der Waals surface area contributed by atoms with Crippen molar-refractivity contribution in [2.24, 2.45) is 0 Å². The number of carbonyl (C=O) groups is 1. The van der Waals surface area contributed by atoms with E-state index in [1.807, 2.05) is 42.5 Å². The zero-order valence-corrected chi connectivity index (χ0v) is 15.1. The molecular formula is C21H23N3O2. The van der Waals surface area contributed by atoms with Crippen molar-refractivity contribution in [2.75, 3.05) is 20.2 Å². The minimum atomic E-state index is -0.157. The van der Waals surface area contributed by atoms with E-state index in [0.717, 1.165) is 17.7 Å². The number of aliphatic hydroxyl groups excluding tert-OH is 1. The Morgan fingerprint density at radius 3 is 2.42 bits per heavy atom. The molecule has 2 aromatic carbocycles. The largest absolute Gasteiger partial charge is 0.395 e. The van der Waals surface area contributed by atoms with Crippen LogP contribution in [0.2, 0.25) is 0 Å². The Morgan fingerprint density at radius 2 is 1.81 bits per heavy atom. The third-order valence-corrected chi connectivity index (χ3v) is 4.38. The number of nitrogens with zero attached hydrogens (tertiary/aromatic N) is 3. The molecule has 1 N–H and O–H groups in total. The second-order valence-electron chi connectivity index (χ2n) is 6.17. The predicted molar refractivity (Wildman–Crippen MR) is 102 cm³/mol. The third-order valence-electron chi connectivity index (χ3n) is 4.38. The number of para-hydroxylation sites is 1. The Hall–Kier alpha value is -2.92. The fourth-order valence-corrected chi connectivity index (χ4v) is 2.81. The van der Waals surface area contributed by atoms with Crippen LogP contribution in [0.25, 0.3) is 16.9 Å². The van der Waals surface area contributed by atoms with Crippen LogP contribution in [-0.4, -0.2) is 45.9 Å². The van der Waals surface area contributed by atoms with Crippen molar-refractivity contribution in [1.82, 2.24) is 14.7 Å². The lowest BCUT2D eigenvalue weighted by Crippen LogP contribution is -2.29. The number of hydrogen-bond acceptors (Lipinski definition) is 3. The maximum absolute atomic E-state index is 12.9. The molecule has 5 heteroatoms. The first-order valence-corrected chi connectivity index (χ1v) is 8.74. The summed E-state index contributed by atoms with van der Waals surface area (Å²) >= 11 is 0. The summed E-state index contributed by atoms with van der Waals surface area (Å²) in [5.41, 5.74) is 4.20. The van der Waals surface area contributed by atoms with Gasteiger partial charge in [0.05, 0.1) is 17.9 Å². The van der Waals surface area contributed by atoms with Gasteiger partial charge >= 0.3 is 0 Å². The van der Waals surface area contributed by atoms with E-state index < -0.39 is 0 Å². The van der Waals surface area contributed by atoms with E-state index in [2.05, 4.69) is 24.2 Å². The average molecular weight is 349 g/mol. The second-order valence-corrected chi connectivity index (χ2v) is 6.17. The van der Waals surface area contributed by atoms with Gasteiger partial charge < -0.3 is 10.0 Å². The van der Waals surface area contributed by atoms with Crippen molar-refractivity contribution in [3.63, 3.8) is 0 Å². The Balaban J connectivity index is 2.07. The van der Waals surface area contributed by atoms with Crippen LogP contribution in [-0.2, 0) is 6.42 Å². The lowest BCUT2D eigenvalue weighted by Gasteiger charge is -2.15. The highest BCUT2D eigenvalue weighted by molar-refractivity contribution is 5.99. The van der Waals surface area contributed by atoms with Gasteiger partial charge in [0.15, 0.2) is 0 Å². The van der Waals surface area contributed by atoms with E-state index in [1.54, 1.807) is 17.9 Å². The molecule has 3 rings (SSSR count). The molecular weight excluding hydrogens is 326 g/mol. The summed E-state index contributed by atoms with van der Waals surface area (Å²) < 4.78 is 1.73. The Morgan fingerprint density at radius 1 is 1.12 bits per heavy atom. The summed E-state index contributed by atoms with van der Waals surface area (Å²) in [7, 11) is 1.68. The standard InChI is InChI=1S/C21H23N3O2/c1-3-16-9-11-17(12-10-16)20-19(21(26)23(2)13-14-25)15-24(22-20)18-7-5-4-6-8-18/h4-12,15,25H,3,13-14H2,1-2H3. The predicted octanol–water partition coefficient (Wildman–Crippen LogP) is 3.17. The number of amides is 1. The van der Waals surface area contributed by atoms with E-state index in [4.69, 9.17) is 5.11 Å². The number of aliphatic hydroxyl groups is 1. The summed E-state index contributed by atoms with van der Waals surface area (Å²) in [4.78, 5) is 14.4. The molecule has 0 spiro atoms. The molecule has 0 bridgehead atoms. The fourth-order valence-electron chi connectivity index (χ4n) is 2.81. The van der Waals surface area contributed by atoms with Crippen LogP contribution < -0.4 is 0 Å². The van der Waals surface area contributed by atoms with Gasteiger partial charge in [0.25, 0.3) is 5.91 Å². The molecule has 5 nitrogen and oxygen atoms in total. The quantitative estimate of drug-likeness (QED) is 0.744. The lowest BCUT2D eigenvalue weighted by atomic mass is 10.0. The number of rotatable bonds is 6. The molecule has 0 aliphatic rings. The van der Waals surface area contributed by atoms with Crippen molar-refractivity contribution in [3.05, 3.63) is 71.9 Å². The van der Waals surface area contributed by atoms with E-state index in [0.29, 0.717) is 11.3 Å². The van der Waals surface area contributed by atoms with Crippen LogP contribution in [0.5, 0.6) is 0 Å². The van der Waals surface area contributed by atoms with E-state index in [-0.39, 0.29) is 19.1 Å². The maximum Gasteiger partial charge on any atom is 0.257 e. The van der Waals surface area contributed by atoms with Crippen molar-refractivity contribution < 1.29 is 9.90 Å².